The van der Waals surface area contributed by atoms with Crippen LogP contribution in [-0.2, 0) is 5.88 Å². The van der Waals surface area contributed by atoms with Crippen LogP contribution in [0.15, 0.2) is 18.2 Å². The standard InChI is InChI=1S/C15H20ClN3/c1-2-5-18-6-8-19(9-7-18)15-4-3-13(11-16)10-14(15)12-17/h3-4,10H,2,5-9,11H2,1H3. The number of piperazine rings is 1. The summed E-state index contributed by atoms with van der Waals surface area (Å²) in [5.41, 5.74) is 2.79. The molecule has 1 aliphatic rings. The number of alkyl halides is 1. The van der Waals surface area contributed by atoms with E-state index in [1.54, 1.807) is 0 Å². The lowest BCUT2D eigenvalue weighted by Gasteiger charge is -2.36. The molecule has 0 N–H and O–H groups in total. The number of halogens is 1. The molecule has 0 unspecified atom stereocenters. The van der Waals surface area contributed by atoms with Crippen molar-refractivity contribution >= 4 is 17.3 Å². The zero-order valence-electron chi connectivity index (χ0n) is 11.4. The molecule has 0 bridgehead atoms. The van der Waals surface area contributed by atoms with Crippen LogP contribution in [0.2, 0.25) is 0 Å². The molecule has 0 aliphatic carbocycles. The summed E-state index contributed by atoms with van der Waals surface area (Å²) in [7, 11) is 0. The molecular weight excluding hydrogens is 258 g/mol. The van der Waals surface area contributed by atoms with Crippen LogP contribution < -0.4 is 4.90 Å². The third-order valence-electron chi connectivity index (χ3n) is 3.59. The van der Waals surface area contributed by atoms with Gasteiger partial charge in [-0.1, -0.05) is 13.0 Å². The zero-order valence-corrected chi connectivity index (χ0v) is 12.2. The van der Waals surface area contributed by atoms with Gasteiger partial charge in [0.2, 0.25) is 0 Å². The first-order chi connectivity index (χ1) is 9.28. The predicted molar refractivity (Wildman–Crippen MR) is 79.7 cm³/mol. The SMILES string of the molecule is CCCN1CCN(c2ccc(CCl)cc2C#N)CC1. The molecule has 102 valence electrons. The maximum atomic E-state index is 9.28. The van der Waals surface area contributed by atoms with E-state index in [1.807, 2.05) is 18.2 Å². The molecule has 0 amide bonds. The number of anilines is 1. The second-order valence-electron chi connectivity index (χ2n) is 4.93. The molecule has 3 nitrogen and oxygen atoms in total. The molecule has 4 heteroatoms. The highest BCUT2D eigenvalue weighted by Gasteiger charge is 2.18. The largest absolute Gasteiger partial charge is 0.368 e. The Kier molecular flexibility index (Phi) is 5.07. The summed E-state index contributed by atoms with van der Waals surface area (Å²) in [6.07, 6.45) is 1.20. The lowest BCUT2D eigenvalue weighted by atomic mass is 10.1. The van der Waals surface area contributed by atoms with Gasteiger partial charge in [-0.05, 0) is 30.7 Å². The van der Waals surface area contributed by atoms with Crippen LogP contribution in [0.4, 0.5) is 5.69 Å². The van der Waals surface area contributed by atoms with Crippen LogP contribution in [0, 0.1) is 11.3 Å². The third kappa shape index (κ3) is 3.40. The number of nitriles is 1. The van der Waals surface area contributed by atoms with Gasteiger partial charge in [0.25, 0.3) is 0 Å². The Morgan fingerprint density at radius 3 is 2.58 bits per heavy atom. The molecule has 19 heavy (non-hydrogen) atoms. The van der Waals surface area contributed by atoms with Gasteiger partial charge in [-0.15, -0.1) is 11.6 Å². The molecule has 0 spiro atoms. The molecule has 0 atom stereocenters. The molecule has 1 aliphatic heterocycles. The second-order valence-corrected chi connectivity index (χ2v) is 5.19. The first-order valence-electron chi connectivity index (χ1n) is 6.84. The average Bonchev–Trinajstić information content (AvgIpc) is 2.48. The first-order valence-corrected chi connectivity index (χ1v) is 7.38. The van der Waals surface area contributed by atoms with Crippen molar-refractivity contribution < 1.29 is 0 Å². The van der Waals surface area contributed by atoms with Crippen molar-refractivity contribution in [2.24, 2.45) is 0 Å². The Morgan fingerprint density at radius 2 is 2.00 bits per heavy atom. The van der Waals surface area contributed by atoms with Crippen molar-refractivity contribution in [2.75, 3.05) is 37.6 Å². The van der Waals surface area contributed by atoms with E-state index in [1.165, 1.54) is 13.0 Å². The predicted octanol–water partition coefficient (Wildman–Crippen LogP) is 2.83. The van der Waals surface area contributed by atoms with Gasteiger partial charge >= 0.3 is 0 Å². The lowest BCUT2D eigenvalue weighted by Crippen LogP contribution is -2.46. The van der Waals surface area contributed by atoms with E-state index < -0.39 is 0 Å². The molecule has 0 saturated carbocycles. The smallest absolute Gasteiger partial charge is 0.101 e. The van der Waals surface area contributed by atoms with Crippen LogP contribution in [0.25, 0.3) is 0 Å². The van der Waals surface area contributed by atoms with Crippen LogP contribution in [0.5, 0.6) is 0 Å². The van der Waals surface area contributed by atoms with Crippen molar-refractivity contribution in [3.8, 4) is 6.07 Å². The average molecular weight is 278 g/mol. The highest BCUT2D eigenvalue weighted by Crippen LogP contribution is 2.23. The van der Waals surface area contributed by atoms with Crippen molar-refractivity contribution in [1.82, 2.24) is 4.90 Å². The highest BCUT2D eigenvalue weighted by molar-refractivity contribution is 6.17. The first kappa shape index (κ1) is 14.2. The summed E-state index contributed by atoms with van der Waals surface area (Å²) in [5.74, 6) is 0.458. The van der Waals surface area contributed by atoms with Crippen molar-refractivity contribution in [2.45, 2.75) is 19.2 Å². The maximum Gasteiger partial charge on any atom is 0.101 e. The van der Waals surface area contributed by atoms with Gasteiger partial charge in [-0.2, -0.15) is 5.26 Å². The minimum Gasteiger partial charge on any atom is -0.368 e. The Morgan fingerprint density at radius 1 is 1.26 bits per heavy atom. The molecule has 1 saturated heterocycles. The van der Waals surface area contributed by atoms with E-state index in [9.17, 15) is 5.26 Å². The van der Waals surface area contributed by atoms with Gasteiger partial charge < -0.3 is 4.90 Å². The number of hydrogen-bond donors (Lipinski definition) is 0. The summed E-state index contributed by atoms with van der Waals surface area (Å²) < 4.78 is 0. The fraction of sp³-hybridized carbons (Fsp3) is 0.533. The zero-order chi connectivity index (χ0) is 13.7. The summed E-state index contributed by atoms with van der Waals surface area (Å²) in [4.78, 5) is 4.79. The van der Waals surface area contributed by atoms with Gasteiger partial charge in [0.05, 0.1) is 11.3 Å². The lowest BCUT2D eigenvalue weighted by molar-refractivity contribution is 0.258. The van der Waals surface area contributed by atoms with Gasteiger partial charge in [0, 0.05) is 32.1 Å². The summed E-state index contributed by atoms with van der Waals surface area (Å²) in [6.45, 7) is 7.53. The van der Waals surface area contributed by atoms with Crippen LogP contribution in [0.3, 0.4) is 0 Å². The topological polar surface area (TPSA) is 30.3 Å². The molecule has 0 aromatic heterocycles. The minimum atomic E-state index is 0.458. The fourth-order valence-corrected chi connectivity index (χ4v) is 2.73. The Labute approximate surface area is 120 Å². The van der Waals surface area contributed by atoms with E-state index in [0.29, 0.717) is 5.88 Å². The molecule has 2 rings (SSSR count). The van der Waals surface area contributed by atoms with Gasteiger partial charge in [-0.3, -0.25) is 4.90 Å². The molecule has 1 aromatic carbocycles. The summed E-state index contributed by atoms with van der Waals surface area (Å²) in [6, 6.07) is 8.24. The van der Waals surface area contributed by atoms with Crippen LogP contribution in [0.1, 0.15) is 24.5 Å². The number of rotatable bonds is 4. The maximum absolute atomic E-state index is 9.28. The van der Waals surface area contributed by atoms with Gasteiger partial charge in [0.15, 0.2) is 0 Å². The molecule has 0 radical (unpaired) electrons. The van der Waals surface area contributed by atoms with Gasteiger partial charge in [-0.25, -0.2) is 0 Å². The van der Waals surface area contributed by atoms with E-state index in [4.69, 9.17) is 11.6 Å². The second kappa shape index (κ2) is 6.79. The Balaban J connectivity index is 2.09. The van der Waals surface area contributed by atoms with Crippen molar-refractivity contribution in [1.29, 1.82) is 5.26 Å². The van der Waals surface area contributed by atoms with E-state index in [2.05, 4.69) is 22.8 Å². The van der Waals surface area contributed by atoms with E-state index in [-0.39, 0.29) is 0 Å². The third-order valence-corrected chi connectivity index (χ3v) is 3.90. The minimum absolute atomic E-state index is 0.458. The molecular formula is C15H20ClN3. The highest BCUT2D eigenvalue weighted by atomic mass is 35.5. The summed E-state index contributed by atoms with van der Waals surface area (Å²) >= 11 is 5.82. The molecule has 1 heterocycles. The van der Waals surface area contributed by atoms with Crippen LogP contribution in [-0.4, -0.2) is 37.6 Å². The molecule has 1 fully saturated rings. The van der Waals surface area contributed by atoms with E-state index >= 15 is 0 Å². The Bertz CT molecular complexity index is 459. The number of nitrogens with zero attached hydrogens (tertiary/aromatic N) is 3. The van der Waals surface area contributed by atoms with E-state index in [0.717, 1.165) is 43.0 Å². The number of benzene rings is 1. The number of hydrogen-bond acceptors (Lipinski definition) is 3. The monoisotopic (exact) mass is 277 g/mol. The molecule has 1 aromatic rings. The Hall–Kier alpha value is -1.24. The fourth-order valence-electron chi connectivity index (χ4n) is 2.56. The van der Waals surface area contributed by atoms with Gasteiger partial charge in [0.1, 0.15) is 6.07 Å². The van der Waals surface area contributed by atoms with Crippen molar-refractivity contribution in [3.63, 3.8) is 0 Å². The van der Waals surface area contributed by atoms with Crippen molar-refractivity contribution in [3.05, 3.63) is 29.3 Å². The normalized spacial score (nSPS) is 16.4. The quantitative estimate of drug-likeness (QED) is 0.793. The summed E-state index contributed by atoms with van der Waals surface area (Å²) in [5, 5.41) is 9.28. The van der Waals surface area contributed by atoms with Crippen LogP contribution >= 0.6 is 11.6 Å².